The lowest BCUT2D eigenvalue weighted by molar-refractivity contribution is 0.0845. The highest BCUT2D eigenvalue weighted by Crippen LogP contribution is 2.57. The molecule has 1 nitrogen and oxygen atoms in total. The highest BCUT2D eigenvalue weighted by molar-refractivity contribution is 5.36. The van der Waals surface area contributed by atoms with E-state index in [9.17, 15) is 0 Å². The van der Waals surface area contributed by atoms with Gasteiger partial charge in [-0.05, 0) is 37.2 Å². The normalized spacial score (nSPS) is 42.1. The summed E-state index contributed by atoms with van der Waals surface area (Å²) in [6.45, 7) is 18.1. The average molecular weight is 262 g/mol. The first kappa shape index (κ1) is 14.7. The van der Waals surface area contributed by atoms with Crippen LogP contribution in [0.1, 0.15) is 55.4 Å². The molecule has 2 aliphatic carbocycles. The summed E-state index contributed by atoms with van der Waals surface area (Å²) in [5, 5.41) is 0. The first-order valence-electron chi connectivity index (χ1n) is 7.77. The molecule has 0 fully saturated rings. The Bertz CT molecular complexity index is 427. The van der Waals surface area contributed by atoms with E-state index in [1.807, 2.05) is 0 Å². The second-order valence-electron chi connectivity index (χ2n) is 7.40. The van der Waals surface area contributed by atoms with Gasteiger partial charge in [-0.1, -0.05) is 53.2 Å². The topological polar surface area (TPSA) is 9.23 Å². The lowest BCUT2D eigenvalue weighted by Crippen LogP contribution is -2.32. The maximum absolute atomic E-state index is 5.84. The van der Waals surface area contributed by atoms with Crippen molar-refractivity contribution in [3.63, 3.8) is 0 Å². The fraction of sp³-hybridized carbons (Fsp3) is 0.778. The predicted octanol–water partition coefficient (Wildman–Crippen LogP) is 5.19. The van der Waals surface area contributed by atoms with Gasteiger partial charge in [-0.15, -0.1) is 0 Å². The van der Waals surface area contributed by atoms with E-state index in [4.69, 9.17) is 4.74 Å². The molecule has 5 unspecified atom stereocenters. The third-order valence-corrected chi connectivity index (χ3v) is 5.93. The summed E-state index contributed by atoms with van der Waals surface area (Å²) in [7, 11) is 0. The lowest BCUT2D eigenvalue weighted by Gasteiger charge is -2.37. The molecule has 1 heteroatoms. The minimum absolute atomic E-state index is 0.279. The van der Waals surface area contributed by atoms with Gasteiger partial charge in [0.2, 0.25) is 0 Å². The van der Waals surface area contributed by atoms with Gasteiger partial charge in [-0.3, -0.25) is 0 Å². The van der Waals surface area contributed by atoms with Crippen LogP contribution in [0, 0.1) is 29.1 Å². The van der Waals surface area contributed by atoms with Crippen molar-refractivity contribution in [2.75, 3.05) is 0 Å². The Morgan fingerprint density at radius 3 is 1.84 bits per heavy atom. The Balaban J connectivity index is 0.000000163. The zero-order valence-corrected chi connectivity index (χ0v) is 13.9. The SMILES string of the molecule is CC1=CC(C)C1C.CC1C2=C(C1C)C(C)(C)C(C)O2. The Kier molecular flexibility index (Phi) is 3.62. The van der Waals surface area contributed by atoms with Gasteiger partial charge in [0.15, 0.2) is 0 Å². The van der Waals surface area contributed by atoms with Crippen LogP contribution in [-0.4, -0.2) is 6.10 Å². The molecule has 3 rings (SSSR count). The molecule has 0 aromatic rings. The van der Waals surface area contributed by atoms with Crippen LogP contribution in [-0.2, 0) is 4.74 Å². The molecule has 0 saturated carbocycles. The average Bonchev–Trinajstić information content (AvgIpc) is 2.58. The number of rotatable bonds is 0. The molecule has 19 heavy (non-hydrogen) atoms. The maximum Gasteiger partial charge on any atom is 0.104 e. The van der Waals surface area contributed by atoms with Crippen molar-refractivity contribution in [2.45, 2.75) is 61.5 Å². The molecule has 108 valence electrons. The molecular weight excluding hydrogens is 232 g/mol. The van der Waals surface area contributed by atoms with E-state index in [2.05, 4.69) is 61.5 Å². The summed E-state index contributed by atoms with van der Waals surface area (Å²) in [5.74, 6) is 4.39. The van der Waals surface area contributed by atoms with Gasteiger partial charge in [-0.25, -0.2) is 0 Å². The summed E-state index contributed by atoms with van der Waals surface area (Å²) in [6.07, 6.45) is 2.69. The highest BCUT2D eigenvalue weighted by Gasteiger charge is 2.52. The van der Waals surface area contributed by atoms with Crippen molar-refractivity contribution in [1.29, 1.82) is 0 Å². The Morgan fingerprint density at radius 2 is 1.53 bits per heavy atom. The van der Waals surface area contributed by atoms with Crippen LogP contribution >= 0.6 is 0 Å². The molecule has 0 bridgehead atoms. The summed E-state index contributed by atoms with van der Waals surface area (Å²) >= 11 is 0. The molecule has 0 N–H and O–H groups in total. The minimum atomic E-state index is 0.279. The number of hydrogen-bond donors (Lipinski definition) is 0. The maximum atomic E-state index is 5.84. The van der Waals surface area contributed by atoms with Gasteiger partial charge < -0.3 is 4.74 Å². The number of hydrogen-bond acceptors (Lipinski definition) is 1. The number of allylic oxidation sites excluding steroid dienone is 3. The van der Waals surface area contributed by atoms with Crippen molar-refractivity contribution in [3.05, 3.63) is 23.0 Å². The molecule has 0 aromatic carbocycles. The van der Waals surface area contributed by atoms with Gasteiger partial charge in [-0.2, -0.15) is 0 Å². The minimum Gasteiger partial charge on any atom is -0.494 e. The standard InChI is InChI=1S/C11H18O.C7H12/c1-6-7(2)10-9(6)11(4,5)8(3)12-10;1-5-4-6(2)7(5)3/h6-8H,1-5H3;4-5,7H,1-3H3. The van der Waals surface area contributed by atoms with E-state index in [0.717, 1.165) is 17.8 Å². The van der Waals surface area contributed by atoms with Crippen molar-refractivity contribution in [1.82, 2.24) is 0 Å². The van der Waals surface area contributed by atoms with Gasteiger partial charge in [0.25, 0.3) is 0 Å². The van der Waals surface area contributed by atoms with Crippen LogP contribution in [0.5, 0.6) is 0 Å². The summed E-state index contributed by atoms with van der Waals surface area (Å²) < 4.78 is 5.84. The molecule has 5 atom stereocenters. The van der Waals surface area contributed by atoms with Crippen molar-refractivity contribution < 1.29 is 4.74 Å². The smallest absolute Gasteiger partial charge is 0.104 e. The van der Waals surface area contributed by atoms with Crippen LogP contribution in [0.2, 0.25) is 0 Å². The fourth-order valence-corrected chi connectivity index (χ4v) is 3.49. The predicted molar refractivity (Wildman–Crippen MR) is 81.8 cm³/mol. The van der Waals surface area contributed by atoms with Crippen molar-refractivity contribution in [2.24, 2.45) is 29.1 Å². The van der Waals surface area contributed by atoms with E-state index in [1.54, 1.807) is 11.1 Å². The lowest BCUT2D eigenvalue weighted by atomic mass is 9.64. The molecule has 0 saturated heterocycles. The van der Waals surface area contributed by atoms with Crippen molar-refractivity contribution >= 4 is 0 Å². The van der Waals surface area contributed by atoms with Gasteiger partial charge in [0.1, 0.15) is 6.10 Å². The zero-order chi connectivity index (χ0) is 14.5. The summed E-state index contributed by atoms with van der Waals surface area (Å²) in [4.78, 5) is 0. The van der Waals surface area contributed by atoms with Gasteiger partial charge in [0, 0.05) is 11.3 Å². The fourth-order valence-electron chi connectivity index (χ4n) is 3.49. The molecule has 1 heterocycles. The van der Waals surface area contributed by atoms with E-state index in [-0.39, 0.29) is 5.41 Å². The molecule has 0 aromatic heterocycles. The molecule has 1 aliphatic heterocycles. The molecule has 0 amide bonds. The van der Waals surface area contributed by atoms with E-state index in [1.165, 1.54) is 5.76 Å². The monoisotopic (exact) mass is 262 g/mol. The summed E-state index contributed by atoms with van der Waals surface area (Å²) in [6, 6.07) is 0. The number of ether oxygens (including phenoxy) is 1. The Morgan fingerprint density at radius 1 is 0.947 bits per heavy atom. The van der Waals surface area contributed by atoms with Crippen molar-refractivity contribution in [3.8, 4) is 0 Å². The Labute approximate surface area is 119 Å². The summed E-state index contributed by atoms with van der Waals surface area (Å²) in [5.41, 5.74) is 3.41. The van der Waals surface area contributed by atoms with Crippen LogP contribution in [0.15, 0.2) is 23.0 Å². The first-order valence-corrected chi connectivity index (χ1v) is 7.77. The Hall–Kier alpha value is -0.720. The second-order valence-corrected chi connectivity index (χ2v) is 7.40. The molecule has 3 aliphatic rings. The third kappa shape index (κ3) is 2.15. The molecule has 0 radical (unpaired) electrons. The van der Waals surface area contributed by atoms with Crippen LogP contribution in [0.4, 0.5) is 0 Å². The highest BCUT2D eigenvalue weighted by atomic mass is 16.5. The van der Waals surface area contributed by atoms with Gasteiger partial charge in [0.05, 0.1) is 5.76 Å². The van der Waals surface area contributed by atoms with Crippen LogP contribution < -0.4 is 0 Å². The molecule has 0 spiro atoms. The largest absolute Gasteiger partial charge is 0.494 e. The third-order valence-electron chi connectivity index (χ3n) is 5.93. The first-order chi connectivity index (χ1) is 8.67. The van der Waals surface area contributed by atoms with E-state index in [0.29, 0.717) is 12.0 Å². The van der Waals surface area contributed by atoms with Crippen LogP contribution in [0.3, 0.4) is 0 Å². The van der Waals surface area contributed by atoms with E-state index < -0.39 is 0 Å². The zero-order valence-electron chi connectivity index (χ0n) is 13.9. The van der Waals surface area contributed by atoms with Crippen LogP contribution in [0.25, 0.3) is 0 Å². The molecular formula is C18H30O. The second kappa shape index (κ2) is 4.68. The van der Waals surface area contributed by atoms with Gasteiger partial charge >= 0.3 is 0 Å². The van der Waals surface area contributed by atoms with E-state index >= 15 is 0 Å². The quantitative estimate of drug-likeness (QED) is 0.546.